The Morgan fingerprint density at radius 3 is 2.50 bits per heavy atom. The van der Waals surface area contributed by atoms with Gasteiger partial charge in [0.05, 0.1) is 11.3 Å². The Labute approximate surface area is 102 Å². The Bertz CT molecular complexity index is 558. The van der Waals surface area contributed by atoms with E-state index in [9.17, 15) is 13.2 Å². The van der Waals surface area contributed by atoms with Crippen LogP contribution in [0, 0.1) is 0 Å². The third-order valence-corrected chi connectivity index (χ3v) is 2.62. The van der Waals surface area contributed by atoms with Crippen LogP contribution in [0.2, 0.25) is 0 Å². The molecule has 1 heterocycles. The third-order valence-electron chi connectivity index (χ3n) is 2.62. The molecule has 0 amide bonds. The molecule has 0 spiro atoms. The summed E-state index contributed by atoms with van der Waals surface area (Å²) in [5.74, 6) is 0. The van der Waals surface area contributed by atoms with Crippen LogP contribution in [-0.2, 0) is 19.8 Å². The standard InChI is InChI=1S/C12H12F3N3/c1-18-7-9(11(6-16)17-18)8-4-2-3-5-10(8)12(13,14)15/h2-5,7H,6,16H2,1H3. The maximum atomic E-state index is 12.9. The Balaban J connectivity index is 2.64. The summed E-state index contributed by atoms with van der Waals surface area (Å²) in [5, 5.41) is 4.05. The van der Waals surface area contributed by atoms with Crippen molar-refractivity contribution >= 4 is 0 Å². The summed E-state index contributed by atoms with van der Waals surface area (Å²) in [6.45, 7) is 0.0996. The van der Waals surface area contributed by atoms with Gasteiger partial charge < -0.3 is 5.73 Å². The number of rotatable bonds is 2. The number of halogens is 3. The molecular formula is C12H12F3N3. The highest BCUT2D eigenvalue weighted by atomic mass is 19.4. The van der Waals surface area contributed by atoms with Crippen LogP contribution in [-0.4, -0.2) is 9.78 Å². The summed E-state index contributed by atoms with van der Waals surface area (Å²) in [6, 6.07) is 5.42. The minimum absolute atomic E-state index is 0.0996. The first-order chi connectivity index (χ1) is 8.43. The van der Waals surface area contributed by atoms with Crippen LogP contribution in [0.15, 0.2) is 30.5 Å². The van der Waals surface area contributed by atoms with Gasteiger partial charge in [0.25, 0.3) is 0 Å². The minimum Gasteiger partial charge on any atom is -0.325 e. The number of hydrogen-bond donors (Lipinski definition) is 1. The predicted molar refractivity (Wildman–Crippen MR) is 61.5 cm³/mol. The number of alkyl halides is 3. The van der Waals surface area contributed by atoms with Crippen LogP contribution >= 0.6 is 0 Å². The molecule has 2 rings (SSSR count). The molecule has 3 nitrogen and oxygen atoms in total. The van der Waals surface area contributed by atoms with Gasteiger partial charge in [-0.2, -0.15) is 18.3 Å². The smallest absolute Gasteiger partial charge is 0.325 e. The first kappa shape index (κ1) is 12.6. The molecule has 0 unspecified atom stereocenters. The van der Waals surface area contributed by atoms with Crippen LogP contribution < -0.4 is 5.73 Å². The van der Waals surface area contributed by atoms with E-state index in [-0.39, 0.29) is 12.1 Å². The number of benzene rings is 1. The lowest BCUT2D eigenvalue weighted by Crippen LogP contribution is -2.08. The van der Waals surface area contributed by atoms with Crippen molar-refractivity contribution in [2.45, 2.75) is 12.7 Å². The summed E-state index contributed by atoms with van der Waals surface area (Å²) in [6.07, 6.45) is -2.84. The van der Waals surface area contributed by atoms with Crippen molar-refractivity contribution in [3.8, 4) is 11.1 Å². The molecule has 0 bridgehead atoms. The van der Waals surface area contributed by atoms with Crippen molar-refractivity contribution in [3.63, 3.8) is 0 Å². The summed E-state index contributed by atoms with van der Waals surface area (Å²) >= 11 is 0. The van der Waals surface area contributed by atoms with E-state index in [4.69, 9.17) is 5.73 Å². The lowest BCUT2D eigenvalue weighted by Gasteiger charge is -2.12. The molecule has 96 valence electrons. The molecule has 0 fully saturated rings. The number of aromatic nitrogens is 2. The van der Waals surface area contributed by atoms with Gasteiger partial charge in [-0.3, -0.25) is 4.68 Å². The second kappa shape index (κ2) is 4.45. The summed E-state index contributed by atoms with van der Waals surface area (Å²) in [7, 11) is 1.65. The monoisotopic (exact) mass is 255 g/mol. The zero-order valence-corrected chi connectivity index (χ0v) is 9.70. The van der Waals surface area contributed by atoms with Gasteiger partial charge in [0.2, 0.25) is 0 Å². The molecule has 0 saturated heterocycles. The molecule has 0 aliphatic rings. The Morgan fingerprint density at radius 2 is 1.89 bits per heavy atom. The van der Waals surface area contributed by atoms with Crippen molar-refractivity contribution in [3.05, 3.63) is 41.7 Å². The SMILES string of the molecule is Cn1cc(-c2ccccc2C(F)(F)F)c(CN)n1. The van der Waals surface area contributed by atoms with Gasteiger partial charge in [0.1, 0.15) is 0 Å². The van der Waals surface area contributed by atoms with Crippen LogP contribution in [0.3, 0.4) is 0 Å². The predicted octanol–water partition coefficient (Wildman–Crippen LogP) is 2.56. The van der Waals surface area contributed by atoms with E-state index in [0.717, 1.165) is 6.07 Å². The lowest BCUT2D eigenvalue weighted by molar-refractivity contribution is -0.137. The van der Waals surface area contributed by atoms with E-state index in [1.54, 1.807) is 19.3 Å². The van der Waals surface area contributed by atoms with Crippen molar-refractivity contribution in [2.75, 3.05) is 0 Å². The van der Waals surface area contributed by atoms with Crippen molar-refractivity contribution in [1.29, 1.82) is 0 Å². The second-order valence-corrected chi connectivity index (χ2v) is 3.91. The van der Waals surface area contributed by atoms with E-state index >= 15 is 0 Å². The van der Waals surface area contributed by atoms with Crippen molar-refractivity contribution in [1.82, 2.24) is 9.78 Å². The van der Waals surface area contributed by atoms with Gasteiger partial charge >= 0.3 is 6.18 Å². The highest BCUT2D eigenvalue weighted by Crippen LogP contribution is 2.37. The maximum Gasteiger partial charge on any atom is 0.417 e. The minimum atomic E-state index is -4.39. The van der Waals surface area contributed by atoms with E-state index in [2.05, 4.69) is 5.10 Å². The average Bonchev–Trinajstić information content (AvgIpc) is 2.69. The van der Waals surface area contributed by atoms with E-state index in [0.29, 0.717) is 11.3 Å². The molecule has 0 aliphatic heterocycles. The molecule has 2 N–H and O–H groups in total. The van der Waals surface area contributed by atoms with Gasteiger partial charge in [-0.15, -0.1) is 0 Å². The quantitative estimate of drug-likeness (QED) is 0.896. The Kier molecular flexibility index (Phi) is 3.13. The normalized spacial score (nSPS) is 11.8. The van der Waals surface area contributed by atoms with Gasteiger partial charge in [0.15, 0.2) is 0 Å². The van der Waals surface area contributed by atoms with E-state index < -0.39 is 11.7 Å². The molecule has 0 radical (unpaired) electrons. The molecule has 0 saturated carbocycles. The highest BCUT2D eigenvalue weighted by Gasteiger charge is 2.34. The first-order valence-corrected chi connectivity index (χ1v) is 5.32. The van der Waals surface area contributed by atoms with Gasteiger partial charge in [-0.05, 0) is 11.6 Å². The topological polar surface area (TPSA) is 43.8 Å². The van der Waals surface area contributed by atoms with Crippen LogP contribution in [0.1, 0.15) is 11.3 Å². The average molecular weight is 255 g/mol. The second-order valence-electron chi connectivity index (χ2n) is 3.91. The molecule has 1 aromatic carbocycles. The lowest BCUT2D eigenvalue weighted by atomic mass is 10.00. The zero-order valence-electron chi connectivity index (χ0n) is 9.70. The van der Waals surface area contributed by atoms with E-state index in [1.807, 2.05) is 0 Å². The third kappa shape index (κ3) is 2.24. The first-order valence-electron chi connectivity index (χ1n) is 5.32. The molecule has 2 aromatic rings. The van der Waals surface area contributed by atoms with Gasteiger partial charge in [0, 0.05) is 25.4 Å². The van der Waals surface area contributed by atoms with Gasteiger partial charge in [-0.1, -0.05) is 18.2 Å². The molecule has 6 heteroatoms. The fourth-order valence-corrected chi connectivity index (χ4v) is 1.88. The van der Waals surface area contributed by atoms with E-state index in [1.165, 1.54) is 16.8 Å². The Hall–Kier alpha value is -1.82. The fraction of sp³-hybridized carbons (Fsp3) is 0.250. The largest absolute Gasteiger partial charge is 0.417 e. The summed E-state index contributed by atoms with van der Waals surface area (Å²) in [5.41, 5.74) is 5.82. The maximum absolute atomic E-state index is 12.9. The number of aryl methyl sites for hydroxylation is 1. The summed E-state index contributed by atoms with van der Waals surface area (Å²) < 4.78 is 40.2. The number of nitrogens with two attached hydrogens (primary N) is 1. The molecule has 18 heavy (non-hydrogen) atoms. The molecular weight excluding hydrogens is 243 g/mol. The number of hydrogen-bond acceptors (Lipinski definition) is 2. The van der Waals surface area contributed by atoms with Crippen LogP contribution in [0.4, 0.5) is 13.2 Å². The zero-order chi connectivity index (χ0) is 13.3. The van der Waals surface area contributed by atoms with Crippen molar-refractivity contribution < 1.29 is 13.2 Å². The highest BCUT2D eigenvalue weighted by molar-refractivity contribution is 5.69. The molecule has 1 aromatic heterocycles. The van der Waals surface area contributed by atoms with Gasteiger partial charge in [-0.25, -0.2) is 0 Å². The van der Waals surface area contributed by atoms with Crippen LogP contribution in [0.25, 0.3) is 11.1 Å². The summed E-state index contributed by atoms with van der Waals surface area (Å²) in [4.78, 5) is 0. The number of nitrogens with zero attached hydrogens (tertiary/aromatic N) is 2. The molecule has 0 aliphatic carbocycles. The Morgan fingerprint density at radius 1 is 1.22 bits per heavy atom. The van der Waals surface area contributed by atoms with Crippen LogP contribution in [0.5, 0.6) is 0 Å². The fourth-order valence-electron chi connectivity index (χ4n) is 1.88. The van der Waals surface area contributed by atoms with Crippen molar-refractivity contribution in [2.24, 2.45) is 12.8 Å². The molecule has 0 atom stereocenters.